The van der Waals surface area contributed by atoms with Crippen LogP contribution in [0, 0.1) is 0 Å². The predicted octanol–water partition coefficient (Wildman–Crippen LogP) is 13.6. The minimum Gasteiger partial charge on any atom is -0.310 e. The van der Waals surface area contributed by atoms with Gasteiger partial charge in [0.05, 0.1) is 0 Å². The summed E-state index contributed by atoms with van der Waals surface area (Å²) in [7, 11) is 0. The Kier molecular flexibility index (Phi) is 7.16. The molecule has 0 N–H and O–H groups in total. The molecule has 6 aromatic rings. The van der Waals surface area contributed by atoms with Crippen LogP contribution in [-0.2, 0) is 38.5 Å². The van der Waals surface area contributed by atoms with Gasteiger partial charge in [0.15, 0.2) is 0 Å². The topological polar surface area (TPSA) is 3.24 Å². The lowest BCUT2D eigenvalue weighted by Gasteiger charge is -2.34. The van der Waals surface area contributed by atoms with E-state index in [1.54, 1.807) is 33.4 Å². The summed E-state index contributed by atoms with van der Waals surface area (Å²) >= 11 is 0. The second kappa shape index (κ2) is 12.4. The molecule has 55 heavy (non-hydrogen) atoms. The van der Waals surface area contributed by atoms with Gasteiger partial charge < -0.3 is 4.90 Å². The van der Waals surface area contributed by atoms with Gasteiger partial charge in [0.25, 0.3) is 0 Å². The molecule has 0 atom stereocenters. The minimum atomic E-state index is 1.09. The van der Waals surface area contributed by atoms with Crippen LogP contribution in [0.5, 0.6) is 0 Å². The second-order valence-corrected chi connectivity index (χ2v) is 16.7. The number of hydrogen-bond donors (Lipinski definition) is 0. The van der Waals surface area contributed by atoms with E-state index in [4.69, 9.17) is 0 Å². The summed E-state index contributed by atoms with van der Waals surface area (Å²) in [4.78, 5) is 2.58. The summed E-state index contributed by atoms with van der Waals surface area (Å²) in [6, 6.07) is 49.6. The minimum absolute atomic E-state index is 1.09. The zero-order valence-electron chi connectivity index (χ0n) is 31.6. The standard InChI is InChI=1S/C54H45N/c1-4-10-43-34(7-1)13-22-52-46-28-19-40(31-37(46)16-25-49(43)52)55(41-20-29-47-38(32-41)17-26-50-44-11-5-2-8-35(44)14-23-53(47)50)42-21-30-48-39(33-42)18-27-51-45-12-6-3-9-36(45)15-24-54(48)51/h1-12,19-21,28-33H,13-18,22-27H2. The first-order valence-corrected chi connectivity index (χ1v) is 20.9. The van der Waals surface area contributed by atoms with E-state index >= 15 is 0 Å². The fourth-order valence-corrected chi connectivity index (χ4v) is 11.5. The molecule has 6 aliphatic carbocycles. The number of fused-ring (bicyclic) bond motifs is 12. The van der Waals surface area contributed by atoms with Crippen LogP contribution in [0.3, 0.4) is 0 Å². The third-order valence-electron chi connectivity index (χ3n) is 14.0. The molecule has 6 aromatic carbocycles. The fraction of sp³-hybridized carbons (Fsp3) is 0.222. The summed E-state index contributed by atoms with van der Waals surface area (Å²) in [5.74, 6) is 0. The Morgan fingerprint density at radius 1 is 0.236 bits per heavy atom. The molecule has 1 heteroatoms. The Morgan fingerprint density at radius 2 is 0.491 bits per heavy atom. The summed E-state index contributed by atoms with van der Waals surface area (Å²) in [6.07, 6.45) is 13.5. The van der Waals surface area contributed by atoms with Crippen molar-refractivity contribution in [3.8, 4) is 0 Å². The average Bonchev–Trinajstić information content (AvgIpc) is 3.25. The molecule has 0 saturated heterocycles. The molecule has 0 bridgehead atoms. The van der Waals surface area contributed by atoms with E-state index in [0.717, 1.165) is 77.0 Å². The zero-order chi connectivity index (χ0) is 36.0. The first-order valence-electron chi connectivity index (χ1n) is 20.9. The van der Waals surface area contributed by atoms with Crippen LogP contribution in [0.2, 0.25) is 0 Å². The maximum absolute atomic E-state index is 2.58. The molecule has 12 rings (SSSR count). The van der Waals surface area contributed by atoms with Crippen LogP contribution in [0.15, 0.2) is 127 Å². The molecular formula is C54H45N. The van der Waals surface area contributed by atoms with Gasteiger partial charge in [-0.2, -0.15) is 0 Å². The van der Waals surface area contributed by atoms with Gasteiger partial charge in [0, 0.05) is 17.1 Å². The van der Waals surface area contributed by atoms with Gasteiger partial charge >= 0.3 is 0 Å². The van der Waals surface area contributed by atoms with Gasteiger partial charge in [0.2, 0.25) is 0 Å². The Morgan fingerprint density at radius 3 is 0.800 bits per heavy atom. The fourth-order valence-electron chi connectivity index (χ4n) is 11.5. The molecule has 0 aliphatic heterocycles. The quantitative estimate of drug-likeness (QED) is 0.177. The van der Waals surface area contributed by atoms with Gasteiger partial charge in [-0.25, -0.2) is 0 Å². The third kappa shape index (κ3) is 4.98. The van der Waals surface area contributed by atoms with Crippen molar-refractivity contribution in [3.05, 3.63) is 194 Å². The summed E-state index contributed by atoms with van der Waals surface area (Å²) in [5, 5.41) is 0. The van der Waals surface area contributed by atoms with Crippen molar-refractivity contribution < 1.29 is 0 Å². The van der Waals surface area contributed by atoms with Crippen molar-refractivity contribution >= 4 is 50.5 Å². The van der Waals surface area contributed by atoms with Crippen molar-refractivity contribution in [2.45, 2.75) is 77.0 Å². The highest BCUT2D eigenvalue weighted by atomic mass is 15.1. The van der Waals surface area contributed by atoms with E-state index in [0.29, 0.717) is 0 Å². The van der Waals surface area contributed by atoms with E-state index in [9.17, 15) is 0 Å². The van der Waals surface area contributed by atoms with Gasteiger partial charge in [-0.15, -0.1) is 0 Å². The predicted molar refractivity (Wildman–Crippen MR) is 231 cm³/mol. The van der Waals surface area contributed by atoms with E-state index in [-0.39, 0.29) is 0 Å². The first kappa shape index (κ1) is 31.7. The number of aryl methyl sites for hydroxylation is 6. The number of rotatable bonds is 3. The van der Waals surface area contributed by atoms with Gasteiger partial charge in [-0.3, -0.25) is 0 Å². The molecule has 266 valence electrons. The Hall–Kier alpha value is -5.66. The van der Waals surface area contributed by atoms with Gasteiger partial charge in [-0.05, 0) is 214 Å². The SMILES string of the molecule is c1ccc2c(c1)CCC1=C2CCc2cc(N(c3ccc4c(c3)CCC3=C4CCc4ccccc43)c3ccc4c(c3)CCC3=C4CCc4ccccc43)ccc21. The van der Waals surface area contributed by atoms with Crippen LogP contribution in [-0.4, -0.2) is 0 Å². The van der Waals surface area contributed by atoms with Crippen LogP contribution in [0.1, 0.15) is 105 Å². The molecule has 0 radical (unpaired) electrons. The van der Waals surface area contributed by atoms with Crippen molar-refractivity contribution in [2.24, 2.45) is 0 Å². The van der Waals surface area contributed by atoms with Crippen LogP contribution in [0.25, 0.3) is 33.4 Å². The number of hydrogen-bond acceptors (Lipinski definition) is 1. The Balaban J connectivity index is 0.978. The number of allylic oxidation sites excluding steroid dienone is 6. The maximum atomic E-state index is 2.58. The molecule has 0 fully saturated rings. The average molecular weight is 708 g/mol. The largest absolute Gasteiger partial charge is 0.310 e. The van der Waals surface area contributed by atoms with Crippen molar-refractivity contribution in [2.75, 3.05) is 4.90 Å². The van der Waals surface area contributed by atoms with E-state index < -0.39 is 0 Å². The van der Waals surface area contributed by atoms with Crippen molar-refractivity contribution in [1.29, 1.82) is 0 Å². The lowest BCUT2D eigenvalue weighted by molar-refractivity contribution is 0.915. The number of benzene rings is 6. The van der Waals surface area contributed by atoms with E-state index in [2.05, 4.69) is 132 Å². The molecule has 0 aromatic heterocycles. The zero-order valence-corrected chi connectivity index (χ0v) is 31.6. The number of anilines is 3. The normalized spacial score (nSPS) is 17.5. The molecule has 0 saturated carbocycles. The number of nitrogens with zero attached hydrogens (tertiary/aromatic N) is 1. The molecular weight excluding hydrogens is 663 g/mol. The third-order valence-corrected chi connectivity index (χ3v) is 14.0. The molecule has 0 amide bonds. The summed E-state index contributed by atoms with van der Waals surface area (Å²) in [6.45, 7) is 0. The van der Waals surface area contributed by atoms with Gasteiger partial charge in [0.1, 0.15) is 0 Å². The van der Waals surface area contributed by atoms with Crippen LogP contribution >= 0.6 is 0 Å². The lowest BCUT2D eigenvalue weighted by atomic mass is 9.75. The molecule has 0 unspecified atom stereocenters. The Bertz CT molecular complexity index is 2420. The molecule has 0 spiro atoms. The van der Waals surface area contributed by atoms with Crippen LogP contribution in [0.4, 0.5) is 17.1 Å². The summed E-state index contributed by atoms with van der Waals surface area (Å²) < 4.78 is 0. The monoisotopic (exact) mass is 707 g/mol. The molecule has 0 heterocycles. The molecule has 1 nitrogen and oxygen atoms in total. The second-order valence-electron chi connectivity index (χ2n) is 16.7. The highest BCUT2D eigenvalue weighted by Crippen LogP contribution is 2.50. The highest BCUT2D eigenvalue weighted by Gasteiger charge is 2.30. The van der Waals surface area contributed by atoms with Crippen molar-refractivity contribution in [3.63, 3.8) is 0 Å². The van der Waals surface area contributed by atoms with E-state index in [1.165, 1.54) is 83.8 Å². The Labute approximate surface area is 325 Å². The highest BCUT2D eigenvalue weighted by molar-refractivity contribution is 5.99. The van der Waals surface area contributed by atoms with Crippen molar-refractivity contribution in [1.82, 2.24) is 0 Å². The van der Waals surface area contributed by atoms with Gasteiger partial charge in [-0.1, -0.05) is 91.0 Å². The molecule has 6 aliphatic rings. The van der Waals surface area contributed by atoms with Crippen LogP contribution < -0.4 is 4.90 Å². The first-order chi connectivity index (χ1) is 27.2. The summed E-state index contributed by atoms with van der Waals surface area (Å²) in [5.41, 5.74) is 31.3. The maximum Gasteiger partial charge on any atom is 0.0464 e. The lowest BCUT2D eigenvalue weighted by Crippen LogP contribution is -2.16. The van der Waals surface area contributed by atoms with E-state index in [1.807, 2.05) is 0 Å². The smallest absolute Gasteiger partial charge is 0.0464 e.